The van der Waals surface area contributed by atoms with Crippen molar-refractivity contribution in [3.8, 4) is 0 Å². The molecule has 1 N–H and O–H groups in total. The van der Waals surface area contributed by atoms with Gasteiger partial charge in [-0.3, -0.25) is 4.90 Å². The Bertz CT molecular complexity index is 853. The molecule has 1 unspecified atom stereocenters. The summed E-state index contributed by atoms with van der Waals surface area (Å²) in [6, 6.07) is 9.10. The van der Waals surface area contributed by atoms with Gasteiger partial charge in [-0.25, -0.2) is 4.39 Å². The quantitative estimate of drug-likeness (QED) is 0.736. The first-order chi connectivity index (χ1) is 12.7. The van der Waals surface area contributed by atoms with Gasteiger partial charge >= 0.3 is 0 Å². The predicted molar refractivity (Wildman–Crippen MR) is 98.4 cm³/mol. The van der Waals surface area contributed by atoms with Crippen molar-refractivity contribution in [1.29, 1.82) is 0 Å². The van der Waals surface area contributed by atoms with Gasteiger partial charge in [0.25, 0.3) is 0 Å². The number of fused-ring (bicyclic) bond motifs is 1. The number of ether oxygens (including phenoxy) is 1. The van der Waals surface area contributed by atoms with Gasteiger partial charge in [-0.2, -0.15) is 0 Å². The number of morpholine rings is 1. The normalized spacial score (nSPS) is 17.0. The van der Waals surface area contributed by atoms with E-state index >= 15 is 0 Å². The summed E-state index contributed by atoms with van der Waals surface area (Å²) < 4.78 is 26.6. The molecule has 1 aliphatic heterocycles. The van der Waals surface area contributed by atoms with Gasteiger partial charge < -0.3 is 19.0 Å². The fraction of sp³-hybridized carbons (Fsp3) is 0.400. The SMILES string of the molecule is Cn1cc(CNCC(c2ccco2)N2CCOCC2)c2ccc(F)cc21. The highest BCUT2D eigenvalue weighted by atomic mass is 19.1. The first-order valence-electron chi connectivity index (χ1n) is 9.02. The zero-order chi connectivity index (χ0) is 17.9. The molecule has 3 heterocycles. The van der Waals surface area contributed by atoms with Crippen LogP contribution in [-0.4, -0.2) is 42.3 Å². The lowest BCUT2D eigenvalue weighted by atomic mass is 10.1. The van der Waals surface area contributed by atoms with Crippen LogP contribution in [0.25, 0.3) is 10.9 Å². The van der Waals surface area contributed by atoms with E-state index in [4.69, 9.17) is 9.15 Å². The number of rotatable bonds is 6. The summed E-state index contributed by atoms with van der Waals surface area (Å²) in [7, 11) is 1.95. The van der Waals surface area contributed by atoms with Crippen molar-refractivity contribution in [3.63, 3.8) is 0 Å². The molecule has 4 rings (SSSR count). The summed E-state index contributed by atoms with van der Waals surface area (Å²) in [5.41, 5.74) is 2.08. The van der Waals surface area contributed by atoms with Crippen LogP contribution in [-0.2, 0) is 18.3 Å². The Labute approximate surface area is 152 Å². The molecule has 0 bridgehead atoms. The third-order valence-corrected chi connectivity index (χ3v) is 5.05. The average molecular weight is 357 g/mol. The highest BCUT2D eigenvalue weighted by Crippen LogP contribution is 2.24. The van der Waals surface area contributed by atoms with E-state index in [1.54, 1.807) is 12.3 Å². The number of hydrogen-bond donors (Lipinski definition) is 1. The number of hydrogen-bond acceptors (Lipinski definition) is 4. The minimum Gasteiger partial charge on any atom is -0.468 e. The smallest absolute Gasteiger partial charge is 0.125 e. The molecule has 5 nitrogen and oxygen atoms in total. The first-order valence-corrected chi connectivity index (χ1v) is 9.02. The molecule has 3 aromatic rings. The maximum absolute atomic E-state index is 13.5. The Morgan fingerprint density at radius 3 is 2.85 bits per heavy atom. The lowest BCUT2D eigenvalue weighted by Crippen LogP contribution is -2.42. The van der Waals surface area contributed by atoms with Crippen molar-refractivity contribution in [2.24, 2.45) is 7.05 Å². The topological polar surface area (TPSA) is 42.6 Å². The van der Waals surface area contributed by atoms with E-state index in [2.05, 4.69) is 16.4 Å². The van der Waals surface area contributed by atoms with Crippen molar-refractivity contribution in [2.45, 2.75) is 12.6 Å². The molecule has 1 fully saturated rings. The summed E-state index contributed by atoms with van der Waals surface area (Å²) in [5.74, 6) is 0.766. The molecule has 26 heavy (non-hydrogen) atoms. The molecule has 1 atom stereocenters. The van der Waals surface area contributed by atoms with E-state index in [0.717, 1.165) is 56.1 Å². The van der Waals surface area contributed by atoms with Gasteiger partial charge in [0.15, 0.2) is 0 Å². The molecule has 2 aromatic heterocycles. The highest BCUT2D eigenvalue weighted by molar-refractivity contribution is 5.83. The standard InChI is InChI=1S/C20H24FN3O2/c1-23-14-15(17-5-4-16(21)11-18(17)23)12-22-13-19(20-3-2-8-26-20)24-6-9-25-10-7-24/h2-5,8,11,14,19,22H,6-7,9-10,12-13H2,1H3. The summed E-state index contributed by atoms with van der Waals surface area (Å²) >= 11 is 0. The number of halogens is 1. The Balaban J connectivity index is 1.46. The fourth-order valence-electron chi connectivity index (χ4n) is 3.71. The van der Waals surface area contributed by atoms with Crippen molar-refractivity contribution in [2.75, 3.05) is 32.8 Å². The minimum absolute atomic E-state index is 0.182. The molecule has 1 saturated heterocycles. The summed E-state index contributed by atoms with van der Waals surface area (Å²) in [5, 5.41) is 4.64. The third-order valence-electron chi connectivity index (χ3n) is 5.05. The lowest BCUT2D eigenvalue weighted by molar-refractivity contribution is 0.0116. The number of nitrogens with one attached hydrogen (secondary N) is 1. The lowest BCUT2D eigenvalue weighted by Gasteiger charge is -2.33. The monoisotopic (exact) mass is 357 g/mol. The third kappa shape index (κ3) is 3.53. The van der Waals surface area contributed by atoms with Gasteiger partial charge in [0.2, 0.25) is 0 Å². The predicted octanol–water partition coefficient (Wildman–Crippen LogP) is 3.07. The van der Waals surface area contributed by atoms with Crippen molar-refractivity contribution >= 4 is 10.9 Å². The molecule has 0 radical (unpaired) electrons. The summed E-state index contributed by atoms with van der Waals surface area (Å²) in [6.07, 6.45) is 3.79. The molecule has 0 amide bonds. The second-order valence-corrected chi connectivity index (χ2v) is 6.74. The first kappa shape index (κ1) is 17.3. The van der Waals surface area contributed by atoms with Gasteiger partial charge in [-0.1, -0.05) is 0 Å². The fourth-order valence-corrected chi connectivity index (χ4v) is 3.71. The molecular weight excluding hydrogens is 333 g/mol. The van der Waals surface area contributed by atoms with E-state index < -0.39 is 0 Å². The van der Waals surface area contributed by atoms with Crippen LogP contribution in [0.15, 0.2) is 47.2 Å². The summed E-state index contributed by atoms with van der Waals surface area (Å²) in [4.78, 5) is 2.40. The minimum atomic E-state index is -0.205. The summed E-state index contributed by atoms with van der Waals surface area (Å²) in [6.45, 7) is 4.83. The van der Waals surface area contributed by atoms with Gasteiger partial charge in [-0.15, -0.1) is 0 Å². The molecular formula is C20H24FN3O2. The largest absolute Gasteiger partial charge is 0.468 e. The second-order valence-electron chi connectivity index (χ2n) is 6.74. The average Bonchev–Trinajstić information content (AvgIpc) is 3.28. The van der Waals surface area contributed by atoms with E-state index in [1.165, 1.54) is 11.6 Å². The highest BCUT2D eigenvalue weighted by Gasteiger charge is 2.24. The Kier molecular flexibility index (Phi) is 5.06. The number of aromatic nitrogens is 1. The molecule has 0 saturated carbocycles. The Morgan fingerprint density at radius 1 is 1.23 bits per heavy atom. The number of benzene rings is 1. The van der Waals surface area contributed by atoms with Crippen LogP contribution in [0.3, 0.4) is 0 Å². The second kappa shape index (κ2) is 7.61. The van der Waals surface area contributed by atoms with Crippen LogP contribution >= 0.6 is 0 Å². The number of aryl methyl sites for hydroxylation is 1. The maximum Gasteiger partial charge on any atom is 0.125 e. The van der Waals surface area contributed by atoms with Gasteiger partial charge in [0, 0.05) is 44.8 Å². The van der Waals surface area contributed by atoms with Crippen molar-refractivity contribution in [1.82, 2.24) is 14.8 Å². The molecule has 0 spiro atoms. The Morgan fingerprint density at radius 2 is 2.08 bits per heavy atom. The van der Waals surface area contributed by atoms with E-state index in [1.807, 2.05) is 29.8 Å². The van der Waals surface area contributed by atoms with Crippen LogP contribution in [0.2, 0.25) is 0 Å². The Hall–Kier alpha value is -2.15. The number of furan rings is 1. The van der Waals surface area contributed by atoms with E-state index in [9.17, 15) is 4.39 Å². The van der Waals surface area contributed by atoms with E-state index in [-0.39, 0.29) is 11.9 Å². The van der Waals surface area contributed by atoms with Crippen molar-refractivity contribution < 1.29 is 13.5 Å². The molecule has 1 aliphatic rings. The molecule has 0 aliphatic carbocycles. The zero-order valence-electron chi connectivity index (χ0n) is 15.0. The van der Waals surface area contributed by atoms with Gasteiger partial charge in [-0.05, 0) is 35.9 Å². The van der Waals surface area contributed by atoms with Crippen molar-refractivity contribution in [3.05, 3.63) is 59.9 Å². The zero-order valence-corrected chi connectivity index (χ0v) is 15.0. The van der Waals surface area contributed by atoms with Crippen LogP contribution in [0.4, 0.5) is 4.39 Å². The van der Waals surface area contributed by atoms with Crippen LogP contribution in [0, 0.1) is 5.82 Å². The van der Waals surface area contributed by atoms with Gasteiger partial charge in [0.1, 0.15) is 11.6 Å². The molecule has 6 heteroatoms. The van der Waals surface area contributed by atoms with Crippen LogP contribution in [0.1, 0.15) is 17.4 Å². The van der Waals surface area contributed by atoms with Crippen LogP contribution < -0.4 is 5.32 Å². The van der Waals surface area contributed by atoms with Gasteiger partial charge in [0.05, 0.1) is 31.0 Å². The molecule has 138 valence electrons. The number of nitrogens with zero attached hydrogens (tertiary/aromatic N) is 2. The van der Waals surface area contributed by atoms with E-state index in [0.29, 0.717) is 0 Å². The maximum atomic E-state index is 13.5. The van der Waals surface area contributed by atoms with Crippen LogP contribution in [0.5, 0.6) is 0 Å². The molecule has 1 aromatic carbocycles.